The quantitative estimate of drug-likeness (QED) is 0.600. The topological polar surface area (TPSA) is 91.6 Å². The summed E-state index contributed by atoms with van der Waals surface area (Å²) in [6, 6.07) is 6.08. The lowest BCUT2D eigenvalue weighted by molar-refractivity contribution is -0.118. The molecule has 0 aliphatic heterocycles. The number of amides is 1. The Balaban J connectivity index is 1.77. The first-order valence-electron chi connectivity index (χ1n) is 8.56. The van der Waals surface area contributed by atoms with Gasteiger partial charge in [-0.2, -0.15) is 5.10 Å². The summed E-state index contributed by atoms with van der Waals surface area (Å²) in [7, 11) is 1.99. The molecule has 4 rings (SSSR count). The van der Waals surface area contributed by atoms with Crippen LogP contribution in [0.5, 0.6) is 0 Å². The van der Waals surface area contributed by atoms with Gasteiger partial charge in [0.2, 0.25) is 5.91 Å². The number of primary amides is 1. The van der Waals surface area contributed by atoms with Crippen molar-refractivity contribution in [2.75, 3.05) is 0 Å². The van der Waals surface area contributed by atoms with E-state index >= 15 is 0 Å². The van der Waals surface area contributed by atoms with E-state index in [0.29, 0.717) is 19.4 Å². The predicted molar refractivity (Wildman–Crippen MR) is 100 cm³/mol. The molecule has 2 N–H and O–H groups in total. The molecule has 7 heteroatoms. The molecule has 0 aliphatic rings. The van der Waals surface area contributed by atoms with Crippen LogP contribution in [0.4, 0.5) is 0 Å². The Labute approximate surface area is 150 Å². The Kier molecular flexibility index (Phi) is 3.91. The summed E-state index contributed by atoms with van der Waals surface area (Å²) in [5, 5.41) is 5.52. The van der Waals surface area contributed by atoms with Crippen LogP contribution in [-0.4, -0.2) is 30.2 Å². The summed E-state index contributed by atoms with van der Waals surface area (Å²) in [6.45, 7) is 2.70. The molecule has 0 saturated carbocycles. The van der Waals surface area contributed by atoms with Gasteiger partial charge in [0.15, 0.2) is 0 Å². The number of fused-ring (bicyclic) bond motifs is 2. The van der Waals surface area contributed by atoms with Gasteiger partial charge in [0.05, 0.1) is 17.4 Å². The summed E-state index contributed by atoms with van der Waals surface area (Å²) in [5.41, 5.74) is 11.1. The third-order valence-corrected chi connectivity index (χ3v) is 4.59. The molecule has 0 atom stereocenters. The molecule has 0 saturated heterocycles. The Morgan fingerprint density at radius 3 is 3.00 bits per heavy atom. The SMILES string of the molecule is Cc1cc(-c2cn(C)c3ncccc23)nc2cnn(CCCC(N)=O)c12. The molecule has 26 heavy (non-hydrogen) atoms. The maximum Gasteiger partial charge on any atom is 0.217 e. The molecule has 0 aliphatic carbocycles. The van der Waals surface area contributed by atoms with Gasteiger partial charge in [-0.25, -0.2) is 9.97 Å². The van der Waals surface area contributed by atoms with Gasteiger partial charge in [0.25, 0.3) is 0 Å². The van der Waals surface area contributed by atoms with E-state index in [4.69, 9.17) is 10.7 Å². The van der Waals surface area contributed by atoms with Gasteiger partial charge in [-0.3, -0.25) is 9.48 Å². The van der Waals surface area contributed by atoms with Crippen LogP contribution in [-0.2, 0) is 18.4 Å². The summed E-state index contributed by atoms with van der Waals surface area (Å²) in [4.78, 5) is 20.2. The van der Waals surface area contributed by atoms with E-state index in [9.17, 15) is 4.79 Å². The van der Waals surface area contributed by atoms with Crippen LogP contribution >= 0.6 is 0 Å². The molecule has 0 aromatic carbocycles. The first-order chi connectivity index (χ1) is 12.5. The average molecular weight is 348 g/mol. The smallest absolute Gasteiger partial charge is 0.217 e. The first kappa shape index (κ1) is 16.3. The molecule has 4 aromatic rings. The van der Waals surface area contributed by atoms with Crippen LogP contribution in [0.3, 0.4) is 0 Å². The lowest BCUT2D eigenvalue weighted by Crippen LogP contribution is -2.12. The van der Waals surface area contributed by atoms with Crippen molar-refractivity contribution in [1.82, 2.24) is 24.3 Å². The number of carbonyl (C=O) groups is 1. The zero-order chi connectivity index (χ0) is 18.3. The van der Waals surface area contributed by atoms with Crippen molar-refractivity contribution in [3.63, 3.8) is 0 Å². The van der Waals surface area contributed by atoms with Crippen molar-refractivity contribution < 1.29 is 4.79 Å². The highest BCUT2D eigenvalue weighted by atomic mass is 16.1. The second kappa shape index (κ2) is 6.25. The zero-order valence-corrected chi connectivity index (χ0v) is 14.8. The summed E-state index contributed by atoms with van der Waals surface area (Å²) >= 11 is 0. The highest BCUT2D eigenvalue weighted by Crippen LogP contribution is 2.30. The number of carbonyl (C=O) groups excluding carboxylic acids is 1. The standard InChI is InChI=1S/C19H20N6O/c1-12-9-15(14-11-24(2)19-13(14)5-3-7-21-19)23-16-10-22-25(18(12)16)8-4-6-17(20)26/h3,5,7,9-11H,4,6,8H2,1-2H3,(H2,20,26). The summed E-state index contributed by atoms with van der Waals surface area (Å²) in [5.74, 6) is -0.289. The van der Waals surface area contributed by atoms with Crippen molar-refractivity contribution >= 4 is 28.0 Å². The molecule has 1 amide bonds. The van der Waals surface area contributed by atoms with Crippen molar-refractivity contribution in [3.8, 4) is 11.3 Å². The van der Waals surface area contributed by atoms with Crippen LogP contribution in [0.1, 0.15) is 18.4 Å². The van der Waals surface area contributed by atoms with Crippen LogP contribution in [0.2, 0.25) is 0 Å². The van der Waals surface area contributed by atoms with E-state index in [2.05, 4.69) is 35.3 Å². The fourth-order valence-corrected chi connectivity index (χ4v) is 3.43. The van der Waals surface area contributed by atoms with E-state index < -0.39 is 0 Å². The average Bonchev–Trinajstić information content (AvgIpc) is 3.17. The van der Waals surface area contributed by atoms with Crippen LogP contribution in [0.15, 0.2) is 36.8 Å². The van der Waals surface area contributed by atoms with Gasteiger partial charge < -0.3 is 10.3 Å². The molecular weight excluding hydrogens is 328 g/mol. The van der Waals surface area contributed by atoms with Crippen molar-refractivity contribution in [2.45, 2.75) is 26.3 Å². The summed E-state index contributed by atoms with van der Waals surface area (Å²) in [6.07, 6.45) is 6.66. The van der Waals surface area contributed by atoms with Gasteiger partial charge >= 0.3 is 0 Å². The number of hydrogen-bond acceptors (Lipinski definition) is 4. The normalized spacial score (nSPS) is 11.5. The Morgan fingerprint density at radius 1 is 1.35 bits per heavy atom. The molecule has 4 heterocycles. The first-order valence-corrected chi connectivity index (χ1v) is 8.56. The number of nitrogens with zero attached hydrogens (tertiary/aromatic N) is 5. The number of pyridine rings is 2. The van der Waals surface area contributed by atoms with Gasteiger partial charge in [-0.05, 0) is 37.1 Å². The number of rotatable bonds is 5. The highest BCUT2D eigenvalue weighted by Gasteiger charge is 2.14. The number of aromatic nitrogens is 5. The van der Waals surface area contributed by atoms with Gasteiger partial charge in [0.1, 0.15) is 11.2 Å². The lowest BCUT2D eigenvalue weighted by Gasteiger charge is -2.07. The molecule has 0 bridgehead atoms. The van der Waals surface area contributed by atoms with Crippen molar-refractivity contribution in [3.05, 3.63) is 42.4 Å². The van der Waals surface area contributed by atoms with E-state index in [0.717, 1.165) is 38.9 Å². The minimum atomic E-state index is -0.289. The maximum atomic E-state index is 10.9. The molecule has 0 unspecified atom stereocenters. The minimum Gasteiger partial charge on any atom is -0.370 e. The van der Waals surface area contributed by atoms with Gasteiger partial charge in [0, 0.05) is 43.4 Å². The van der Waals surface area contributed by atoms with E-state index in [-0.39, 0.29) is 5.91 Å². The molecule has 132 valence electrons. The van der Waals surface area contributed by atoms with Gasteiger partial charge in [-0.1, -0.05) is 0 Å². The number of aryl methyl sites for hydroxylation is 3. The zero-order valence-electron chi connectivity index (χ0n) is 14.8. The third kappa shape index (κ3) is 2.71. The van der Waals surface area contributed by atoms with Crippen molar-refractivity contribution in [2.24, 2.45) is 12.8 Å². The highest BCUT2D eigenvalue weighted by molar-refractivity contribution is 5.94. The predicted octanol–water partition coefficient (Wildman–Crippen LogP) is 2.56. The number of hydrogen-bond donors (Lipinski definition) is 1. The fourth-order valence-electron chi connectivity index (χ4n) is 3.43. The third-order valence-electron chi connectivity index (χ3n) is 4.59. The van der Waals surface area contributed by atoms with E-state index in [1.165, 1.54) is 0 Å². The largest absolute Gasteiger partial charge is 0.370 e. The van der Waals surface area contributed by atoms with Gasteiger partial charge in [-0.15, -0.1) is 0 Å². The second-order valence-electron chi connectivity index (χ2n) is 6.52. The van der Waals surface area contributed by atoms with E-state index in [1.54, 1.807) is 12.4 Å². The van der Waals surface area contributed by atoms with Crippen LogP contribution in [0.25, 0.3) is 33.3 Å². The van der Waals surface area contributed by atoms with Crippen LogP contribution in [0, 0.1) is 6.92 Å². The summed E-state index contributed by atoms with van der Waals surface area (Å²) < 4.78 is 3.91. The molecule has 0 radical (unpaired) electrons. The van der Waals surface area contributed by atoms with Crippen molar-refractivity contribution in [1.29, 1.82) is 0 Å². The molecule has 0 spiro atoms. The Morgan fingerprint density at radius 2 is 2.19 bits per heavy atom. The molecule has 4 aromatic heterocycles. The molecule has 0 fully saturated rings. The monoisotopic (exact) mass is 348 g/mol. The lowest BCUT2D eigenvalue weighted by atomic mass is 10.1. The molecular formula is C19H20N6O. The fraction of sp³-hybridized carbons (Fsp3) is 0.263. The minimum absolute atomic E-state index is 0.289. The Bertz CT molecular complexity index is 1120. The Hall–Kier alpha value is -3.22. The number of nitrogens with two attached hydrogens (primary N) is 1. The van der Waals surface area contributed by atoms with E-state index in [1.807, 2.05) is 22.4 Å². The maximum absolute atomic E-state index is 10.9. The van der Waals surface area contributed by atoms with Crippen LogP contribution < -0.4 is 5.73 Å². The molecule has 7 nitrogen and oxygen atoms in total. The second-order valence-corrected chi connectivity index (χ2v) is 6.52.